The standard InChI is InChI=1S/C13H18F2N4O.HI/c1-13(2,3)19-11(20)7-17-12(16)18-10-6-8(14)4-5-9(10)15;/h4-6H,7H2,1-3H3,(H,19,20)(H3,16,17,18);1H. The summed E-state index contributed by atoms with van der Waals surface area (Å²) in [4.78, 5) is 15.3. The van der Waals surface area contributed by atoms with Gasteiger partial charge in [-0.25, -0.2) is 13.8 Å². The number of hydrogen-bond acceptors (Lipinski definition) is 2. The van der Waals surface area contributed by atoms with Crippen molar-refractivity contribution in [2.24, 2.45) is 10.7 Å². The number of carbonyl (C=O) groups is 1. The Kier molecular flexibility index (Phi) is 7.55. The molecule has 5 nitrogen and oxygen atoms in total. The molecule has 0 fully saturated rings. The summed E-state index contributed by atoms with van der Waals surface area (Å²) >= 11 is 0. The summed E-state index contributed by atoms with van der Waals surface area (Å²) in [5, 5.41) is 5.10. The molecular weight excluding hydrogens is 393 g/mol. The van der Waals surface area contributed by atoms with E-state index in [1.54, 1.807) is 0 Å². The highest BCUT2D eigenvalue weighted by atomic mass is 127. The fraction of sp³-hybridized carbons (Fsp3) is 0.385. The quantitative estimate of drug-likeness (QED) is 0.405. The van der Waals surface area contributed by atoms with Gasteiger partial charge >= 0.3 is 0 Å². The van der Waals surface area contributed by atoms with Gasteiger partial charge in [-0.15, -0.1) is 24.0 Å². The monoisotopic (exact) mass is 412 g/mol. The van der Waals surface area contributed by atoms with E-state index in [4.69, 9.17) is 5.73 Å². The Labute approximate surface area is 139 Å². The second-order valence-electron chi connectivity index (χ2n) is 5.25. The summed E-state index contributed by atoms with van der Waals surface area (Å²) in [6.45, 7) is 5.29. The van der Waals surface area contributed by atoms with Crippen molar-refractivity contribution in [3.05, 3.63) is 29.8 Å². The second kappa shape index (κ2) is 8.11. The van der Waals surface area contributed by atoms with E-state index in [0.29, 0.717) is 0 Å². The summed E-state index contributed by atoms with van der Waals surface area (Å²) in [5.74, 6) is -1.75. The topological polar surface area (TPSA) is 79.5 Å². The van der Waals surface area contributed by atoms with E-state index in [0.717, 1.165) is 18.2 Å². The molecule has 0 aromatic heterocycles. The maximum Gasteiger partial charge on any atom is 0.242 e. The Morgan fingerprint density at radius 3 is 2.52 bits per heavy atom. The molecule has 0 radical (unpaired) electrons. The molecule has 0 aliphatic carbocycles. The minimum Gasteiger partial charge on any atom is -0.370 e. The fourth-order valence-electron chi connectivity index (χ4n) is 1.39. The molecule has 0 heterocycles. The Morgan fingerprint density at radius 1 is 1.33 bits per heavy atom. The lowest BCUT2D eigenvalue weighted by Crippen LogP contribution is -2.42. The maximum absolute atomic E-state index is 13.3. The van der Waals surface area contributed by atoms with Crippen LogP contribution in [-0.4, -0.2) is 24.0 Å². The number of amides is 1. The Balaban J connectivity index is 0.00000400. The van der Waals surface area contributed by atoms with E-state index in [2.05, 4.69) is 15.6 Å². The van der Waals surface area contributed by atoms with Crippen molar-refractivity contribution in [3.8, 4) is 0 Å². The maximum atomic E-state index is 13.3. The van der Waals surface area contributed by atoms with Gasteiger partial charge in [0.2, 0.25) is 5.91 Å². The van der Waals surface area contributed by atoms with Gasteiger partial charge in [0.05, 0.1) is 5.69 Å². The Hall–Kier alpha value is -1.45. The highest BCUT2D eigenvalue weighted by Crippen LogP contribution is 2.14. The lowest BCUT2D eigenvalue weighted by Gasteiger charge is -2.19. The van der Waals surface area contributed by atoms with Crippen molar-refractivity contribution >= 4 is 41.5 Å². The molecule has 4 N–H and O–H groups in total. The van der Waals surface area contributed by atoms with E-state index >= 15 is 0 Å². The number of rotatable bonds is 3. The lowest BCUT2D eigenvalue weighted by atomic mass is 10.1. The highest BCUT2D eigenvalue weighted by molar-refractivity contribution is 14.0. The minimum atomic E-state index is -0.663. The molecule has 118 valence electrons. The van der Waals surface area contributed by atoms with Gasteiger partial charge in [0.1, 0.15) is 18.2 Å². The first-order valence-corrected chi connectivity index (χ1v) is 6.00. The van der Waals surface area contributed by atoms with Crippen LogP contribution < -0.4 is 16.4 Å². The van der Waals surface area contributed by atoms with Crippen molar-refractivity contribution in [1.82, 2.24) is 5.32 Å². The molecule has 0 saturated heterocycles. The lowest BCUT2D eigenvalue weighted by molar-refractivity contribution is -0.121. The van der Waals surface area contributed by atoms with Crippen molar-refractivity contribution in [2.45, 2.75) is 26.3 Å². The normalized spacial score (nSPS) is 11.6. The molecule has 0 aliphatic heterocycles. The molecule has 1 amide bonds. The smallest absolute Gasteiger partial charge is 0.242 e. The van der Waals surface area contributed by atoms with E-state index in [1.807, 2.05) is 20.8 Å². The molecular formula is C13H19F2IN4O. The molecule has 0 unspecified atom stereocenters. The predicted octanol–water partition coefficient (Wildman–Crippen LogP) is 2.22. The van der Waals surface area contributed by atoms with Crippen LogP contribution in [0.25, 0.3) is 0 Å². The van der Waals surface area contributed by atoms with E-state index in [9.17, 15) is 13.6 Å². The number of nitrogens with zero attached hydrogens (tertiary/aromatic N) is 1. The van der Waals surface area contributed by atoms with Crippen LogP contribution in [-0.2, 0) is 4.79 Å². The average molecular weight is 412 g/mol. The zero-order chi connectivity index (χ0) is 15.3. The number of benzene rings is 1. The summed E-state index contributed by atoms with van der Waals surface area (Å²) < 4.78 is 26.3. The van der Waals surface area contributed by atoms with Gasteiger partial charge in [0.15, 0.2) is 5.96 Å². The Morgan fingerprint density at radius 2 is 1.95 bits per heavy atom. The number of hydrogen-bond donors (Lipinski definition) is 3. The van der Waals surface area contributed by atoms with Crippen LogP contribution in [0, 0.1) is 11.6 Å². The third-order valence-corrected chi connectivity index (χ3v) is 2.10. The number of guanidine groups is 1. The van der Waals surface area contributed by atoms with Crippen molar-refractivity contribution in [2.75, 3.05) is 11.9 Å². The van der Waals surface area contributed by atoms with E-state index in [1.165, 1.54) is 0 Å². The third-order valence-electron chi connectivity index (χ3n) is 2.10. The molecule has 1 aromatic rings. The first-order valence-electron chi connectivity index (χ1n) is 6.00. The zero-order valence-corrected chi connectivity index (χ0v) is 14.4. The summed E-state index contributed by atoms with van der Waals surface area (Å²) in [6, 6.07) is 2.91. The number of halogens is 3. The summed E-state index contributed by atoms with van der Waals surface area (Å²) in [7, 11) is 0. The second-order valence-corrected chi connectivity index (χ2v) is 5.25. The number of anilines is 1. The molecule has 1 rings (SSSR count). The predicted molar refractivity (Wildman–Crippen MR) is 89.8 cm³/mol. The zero-order valence-electron chi connectivity index (χ0n) is 12.0. The largest absolute Gasteiger partial charge is 0.370 e. The van der Waals surface area contributed by atoms with Crippen LogP contribution in [0.2, 0.25) is 0 Å². The molecule has 0 bridgehead atoms. The van der Waals surface area contributed by atoms with Gasteiger partial charge in [-0.05, 0) is 32.9 Å². The van der Waals surface area contributed by atoms with Gasteiger partial charge in [0, 0.05) is 11.6 Å². The van der Waals surface area contributed by atoms with Gasteiger partial charge < -0.3 is 16.4 Å². The van der Waals surface area contributed by atoms with Crippen molar-refractivity contribution in [3.63, 3.8) is 0 Å². The van der Waals surface area contributed by atoms with E-state index in [-0.39, 0.29) is 53.6 Å². The van der Waals surface area contributed by atoms with Gasteiger partial charge in [0.25, 0.3) is 0 Å². The molecule has 0 spiro atoms. The third kappa shape index (κ3) is 7.78. The van der Waals surface area contributed by atoms with Gasteiger partial charge in [-0.3, -0.25) is 4.79 Å². The molecule has 0 atom stereocenters. The first kappa shape index (κ1) is 19.6. The average Bonchev–Trinajstić information content (AvgIpc) is 2.29. The minimum absolute atomic E-state index is 0. The van der Waals surface area contributed by atoms with Crippen LogP contribution in [0.4, 0.5) is 14.5 Å². The number of nitrogens with two attached hydrogens (primary N) is 1. The highest BCUT2D eigenvalue weighted by Gasteiger charge is 2.13. The van der Waals surface area contributed by atoms with Gasteiger partial charge in [-0.1, -0.05) is 0 Å². The molecule has 0 aliphatic rings. The summed E-state index contributed by atoms with van der Waals surface area (Å²) in [6.07, 6.45) is 0. The molecule has 1 aromatic carbocycles. The summed E-state index contributed by atoms with van der Waals surface area (Å²) in [5.41, 5.74) is 5.00. The molecule has 0 saturated carbocycles. The van der Waals surface area contributed by atoms with Crippen LogP contribution in [0.1, 0.15) is 20.8 Å². The SMILES string of the molecule is CC(C)(C)NC(=O)CN=C(N)Nc1cc(F)ccc1F.I. The van der Waals surface area contributed by atoms with Crippen LogP contribution in [0.5, 0.6) is 0 Å². The number of aliphatic imine (C=N–C) groups is 1. The van der Waals surface area contributed by atoms with Crippen LogP contribution in [0.3, 0.4) is 0 Å². The van der Waals surface area contributed by atoms with Crippen molar-refractivity contribution < 1.29 is 13.6 Å². The number of nitrogens with one attached hydrogen (secondary N) is 2. The first-order chi connectivity index (χ1) is 9.17. The van der Waals surface area contributed by atoms with Crippen LogP contribution in [0.15, 0.2) is 23.2 Å². The Bertz CT molecular complexity index is 529. The van der Waals surface area contributed by atoms with Crippen LogP contribution >= 0.6 is 24.0 Å². The van der Waals surface area contributed by atoms with Gasteiger partial charge in [-0.2, -0.15) is 0 Å². The molecule has 8 heteroatoms. The van der Waals surface area contributed by atoms with Crippen molar-refractivity contribution in [1.29, 1.82) is 0 Å². The number of carbonyl (C=O) groups excluding carboxylic acids is 1. The fourth-order valence-corrected chi connectivity index (χ4v) is 1.39. The molecule has 21 heavy (non-hydrogen) atoms. The van der Waals surface area contributed by atoms with E-state index < -0.39 is 11.6 Å².